The van der Waals surface area contributed by atoms with Gasteiger partial charge in [-0.25, -0.2) is 0 Å². The first kappa shape index (κ1) is 17.1. The molecule has 112 valence electrons. The molecule has 1 aromatic carbocycles. The van der Waals surface area contributed by atoms with Crippen LogP contribution in [-0.2, 0) is 6.42 Å². The minimum Gasteiger partial charge on any atom is -0.314 e. The van der Waals surface area contributed by atoms with Crippen molar-refractivity contribution in [2.45, 2.75) is 46.1 Å². The Hall–Kier alpha value is -0.940. The van der Waals surface area contributed by atoms with E-state index in [4.69, 9.17) is 0 Å². The van der Waals surface area contributed by atoms with Gasteiger partial charge in [0.05, 0.1) is 4.92 Å². The summed E-state index contributed by atoms with van der Waals surface area (Å²) in [5.74, 6) is 0.568. The van der Waals surface area contributed by atoms with Crippen molar-refractivity contribution in [2.24, 2.45) is 5.92 Å². The van der Waals surface area contributed by atoms with E-state index in [1.807, 2.05) is 12.1 Å². The summed E-state index contributed by atoms with van der Waals surface area (Å²) in [5.41, 5.74) is 0.999. The molecule has 0 heterocycles. The molecule has 1 atom stereocenters. The van der Waals surface area contributed by atoms with E-state index >= 15 is 0 Å². The first-order valence-corrected chi connectivity index (χ1v) is 7.89. The van der Waals surface area contributed by atoms with Crippen LogP contribution in [0.15, 0.2) is 22.7 Å². The Morgan fingerprint density at radius 1 is 1.40 bits per heavy atom. The second kappa shape index (κ2) is 8.37. The number of nitrogens with one attached hydrogen (secondary N) is 1. The van der Waals surface area contributed by atoms with E-state index in [9.17, 15) is 10.1 Å². The van der Waals surface area contributed by atoms with Crippen molar-refractivity contribution in [1.29, 1.82) is 0 Å². The quantitative estimate of drug-likeness (QED) is 0.565. The number of hydrogen-bond donors (Lipinski definition) is 1. The van der Waals surface area contributed by atoms with Crippen LogP contribution < -0.4 is 5.32 Å². The van der Waals surface area contributed by atoms with Crippen molar-refractivity contribution < 1.29 is 4.92 Å². The molecule has 1 unspecified atom stereocenters. The van der Waals surface area contributed by atoms with Gasteiger partial charge in [-0.05, 0) is 37.8 Å². The van der Waals surface area contributed by atoms with Gasteiger partial charge in [-0.2, -0.15) is 0 Å². The molecule has 0 aliphatic carbocycles. The number of nitro groups is 1. The highest BCUT2D eigenvalue weighted by atomic mass is 79.9. The molecule has 1 aromatic rings. The fraction of sp³-hybridized carbons (Fsp3) is 0.600. The maximum Gasteiger partial charge on any atom is 0.273 e. The topological polar surface area (TPSA) is 55.2 Å². The molecule has 0 bridgehead atoms. The summed E-state index contributed by atoms with van der Waals surface area (Å²) < 4.78 is 0.745. The van der Waals surface area contributed by atoms with Crippen LogP contribution in [0.1, 0.15) is 39.2 Å². The molecule has 0 amide bonds. The zero-order valence-corrected chi connectivity index (χ0v) is 13.9. The van der Waals surface area contributed by atoms with Crippen molar-refractivity contribution in [3.63, 3.8) is 0 Å². The first-order valence-electron chi connectivity index (χ1n) is 7.10. The van der Waals surface area contributed by atoms with Crippen molar-refractivity contribution in [2.75, 3.05) is 6.54 Å². The van der Waals surface area contributed by atoms with Crippen LogP contribution in [0.3, 0.4) is 0 Å². The number of benzene rings is 1. The lowest BCUT2D eigenvalue weighted by atomic mass is 9.96. The molecule has 0 fully saturated rings. The van der Waals surface area contributed by atoms with E-state index in [0.717, 1.165) is 29.4 Å². The third-order valence-corrected chi connectivity index (χ3v) is 3.64. The molecule has 0 saturated heterocycles. The first-order chi connectivity index (χ1) is 9.43. The summed E-state index contributed by atoms with van der Waals surface area (Å²) in [7, 11) is 0. The number of nitrogens with zero attached hydrogens (tertiary/aromatic N) is 1. The van der Waals surface area contributed by atoms with Gasteiger partial charge in [0, 0.05) is 22.1 Å². The molecule has 0 aliphatic heterocycles. The normalized spacial score (nSPS) is 12.7. The minimum absolute atomic E-state index is 0.200. The lowest BCUT2D eigenvalue weighted by Crippen LogP contribution is -2.33. The molecule has 0 aromatic heterocycles. The number of hydrogen-bond acceptors (Lipinski definition) is 3. The summed E-state index contributed by atoms with van der Waals surface area (Å²) in [6.45, 7) is 7.43. The van der Waals surface area contributed by atoms with E-state index < -0.39 is 0 Å². The number of rotatable bonds is 8. The predicted molar refractivity (Wildman–Crippen MR) is 86.0 cm³/mol. The lowest BCUT2D eigenvalue weighted by molar-refractivity contribution is -0.385. The van der Waals surface area contributed by atoms with Crippen molar-refractivity contribution in [3.05, 3.63) is 38.3 Å². The largest absolute Gasteiger partial charge is 0.314 e. The van der Waals surface area contributed by atoms with E-state index in [2.05, 4.69) is 42.0 Å². The van der Waals surface area contributed by atoms with Crippen molar-refractivity contribution >= 4 is 21.6 Å². The predicted octanol–water partition coefficient (Wildman–Crippen LogP) is 4.31. The van der Waals surface area contributed by atoms with E-state index in [1.165, 1.54) is 0 Å². The van der Waals surface area contributed by atoms with Gasteiger partial charge in [-0.3, -0.25) is 10.1 Å². The molecular weight excluding hydrogens is 320 g/mol. The summed E-state index contributed by atoms with van der Waals surface area (Å²) in [6.07, 6.45) is 2.78. The molecule has 1 rings (SSSR count). The molecule has 1 N–H and O–H groups in total. The van der Waals surface area contributed by atoms with Gasteiger partial charge < -0.3 is 5.32 Å². The zero-order chi connectivity index (χ0) is 15.1. The average molecular weight is 343 g/mol. The maximum absolute atomic E-state index is 11.2. The van der Waals surface area contributed by atoms with Gasteiger partial charge in [0.15, 0.2) is 0 Å². The fourth-order valence-electron chi connectivity index (χ4n) is 2.30. The van der Waals surface area contributed by atoms with Gasteiger partial charge in [0.2, 0.25) is 0 Å². The Labute approximate surface area is 129 Å². The van der Waals surface area contributed by atoms with E-state index in [1.54, 1.807) is 6.07 Å². The summed E-state index contributed by atoms with van der Waals surface area (Å²) in [5, 5.41) is 14.7. The second-order valence-corrected chi connectivity index (χ2v) is 6.43. The highest BCUT2D eigenvalue weighted by Crippen LogP contribution is 2.25. The van der Waals surface area contributed by atoms with Crippen LogP contribution >= 0.6 is 15.9 Å². The van der Waals surface area contributed by atoms with Crippen LogP contribution in [0.25, 0.3) is 0 Å². The Balaban J connectivity index is 2.88. The Morgan fingerprint density at radius 2 is 2.10 bits per heavy atom. The van der Waals surface area contributed by atoms with E-state index in [0.29, 0.717) is 12.3 Å². The molecule has 0 saturated carbocycles. The Morgan fingerprint density at radius 3 is 2.65 bits per heavy atom. The highest BCUT2D eigenvalue weighted by Gasteiger charge is 2.19. The molecule has 4 nitrogen and oxygen atoms in total. The van der Waals surface area contributed by atoms with Gasteiger partial charge >= 0.3 is 0 Å². The monoisotopic (exact) mass is 342 g/mol. The summed E-state index contributed by atoms with van der Waals surface area (Å²) >= 11 is 3.29. The van der Waals surface area contributed by atoms with Crippen LogP contribution in [0.4, 0.5) is 5.69 Å². The maximum atomic E-state index is 11.2. The lowest BCUT2D eigenvalue weighted by Gasteiger charge is -2.20. The number of halogens is 1. The van der Waals surface area contributed by atoms with Gasteiger partial charge in [-0.15, -0.1) is 0 Å². The van der Waals surface area contributed by atoms with Crippen LogP contribution in [0.5, 0.6) is 0 Å². The van der Waals surface area contributed by atoms with Gasteiger partial charge in [-0.1, -0.05) is 42.8 Å². The summed E-state index contributed by atoms with van der Waals surface area (Å²) in [4.78, 5) is 10.9. The highest BCUT2D eigenvalue weighted by molar-refractivity contribution is 9.10. The molecule has 0 radical (unpaired) electrons. The average Bonchev–Trinajstić information content (AvgIpc) is 2.37. The molecule has 5 heteroatoms. The van der Waals surface area contributed by atoms with Gasteiger partial charge in [0.25, 0.3) is 5.69 Å². The molecule has 0 spiro atoms. The zero-order valence-electron chi connectivity index (χ0n) is 12.4. The Bertz CT molecular complexity index is 449. The van der Waals surface area contributed by atoms with Crippen molar-refractivity contribution in [3.8, 4) is 0 Å². The summed E-state index contributed by atoms with van der Waals surface area (Å²) in [6, 6.07) is 5.59. The SMILES string of the molecule is CCCNC(Cc1ccc(Br)cc1[N+](=O)[O-])CC(C)C. The minimum atomic E-state index is -0.299. The molecule has 0 aliphatic rings. The smallest absolute Gasteiger partial charge is 0.273 e. The standard InChI is InChI=1S/C15H23BrN2O2/c1-4-7-17-14(8-11(2)3)9-12-5-6-13(16)10-15(12)18(19)20/h5-6,10-11,14,17H,4,7-9H2,1-3H3. The molecular formula is C15H23BrN2O2. The third-order valence-electron chi connectivity index (χ3n) is 3.15. The Kier molecular flexibility index (Phi) is 7.16. The van der Waals surface area contributed by atoms with Crippen LogP contribution in [0, 0.1) is 16.0 Å². The second-order valence-electron chi connectivity index (χ2n) is 5.51. The molecule has 20 heavy (non-hydrogen) atoms. The van der Waals surface area contributed by atoms with Gasteiger partial charge in [0.1, 0.15) is 0 Å². The van der Waals surface area contributed by atoms with E-state index in [-0.39, 0.29) is 16.7 Å². The van der Waals surface area contributed by atoms with Crippen LogP contribution in [0.2, 0.25) is 0 Å². The third kappa shape index (κ3) is 5.59. The number of nitro benzene ring substituents is 1. The van der Waals surface area contributed by atoms with Crippen molar-refractivity contribution in [1.82, 2.24) is 5.32 Å². The fourth-order valence-corrected chi connectivity index (χ4v) is 2.65. The van der Waals surface area contributed by atoms with Crippen LogP contribution in [-0.4, -0.2) is 17.5 Å².